The van der Waals surface area contributed by atoms with E-state index in [2.05, 4.69) is 21.3 Å². The molecule has 1 fully saturated rings. The van der Waals surface area contributed by atoms with Gasteiger partial charge in [0.25, 0.3) is 23.6 Å². The molecule has 1 aliphatic carbocycles. The van der Waals surface area contributed by atoms with E-state index in [9.17, 15) is 37.5 Å². The average Bonchev–Trinajstić information content (AvgIpc) is 4.04. The Morgan fingerprint density at radius 1 is 0.446 bits per heavy atom. The first-order valence-corrected chi connectivity index (χ1v) is 25.4. The summed E-state index contributed by atoms with van der Waals surface area (Å²) >= 11 is 0. The molecule has 380 valence electrons. The van der Waals surface area contributed by atoms with Crippen LogP contribution in [-0.2, 0) is 61.7 Å². The van der Waals surface area contributed by atoms with Crippen LogP contribution < -0.4 is 21.3 Å². The molecule has 6 aromatic carbocycles. The molecule has 74 heavy (non-hydrogen) atoms. The van der Waals surface area contributed by atoms with Gasteiger partial charge in [-0.2, -0.15) is 0 Å². The molecule has 9 rings (SSSR count). The van der Waals surface area contributed by atoms with Gasteiger partial charge >= 0.3 is 0 Å². The van der Waals surface area contributed by atoms with Crippen molar-refractivity contribution in [3.05, 3.63) is 211 Å². The predicted molar refractivity (Wildman–Crippen MR) is 276 cm³/mol. The number of nitrogens with one attached hydrogen (secondary N) is 4. The maximum Gasteiger partial charge on any atom is 0.252 e. The molecule has 12 nitrogen and oxygen atoms in total. The lowest BCUT2D eigenvalue weighted by Crippen LogP contribution is -2.39. The zero-order valence-electron chi connectivity index (χ0n) is 41.7. The number of rotatable bonds is 16. The van der Waals surface area contributed by atoms with Crippen LogP contribution in [0.15, 0.2) is 121 Å². The summed E-state index contributed by atoms with van der Waals surface area (Å²) in [5.41, 5.74) is 9.53. The number of carbonyl (C=O) groups is 6. The van der Waals surface area contributed by atoms with E-state index in [1.807, 2.05) is 62.4 Å². The first-order chi connectivity index (χ1) is 35.7. The minimum Gasteiger partial charge on any atom is -0.352 e. The minimum absolute atomic E-state index is 0.0875. The summed E-state index contributed by atoms with van der Waals surface area (Å²) in [5, 5.41) is 11.8. The zero-order valence-corrected chi connectivity index (χ0v) is 41.7. The third-order valence-corrected chi connectivity index (χ3v) is 14.5. The van der Waals surface area contributed by atoms with Crippen molar-refractivity contribution in [2.24, 2.45) is 11.8 Å². The van der Waals surface area contributed by atoms with Gasteiger partial charge in [-0.15, -0.1) is 0 Å². The van der Waals surface area contributed by atoms with Crippen LogP contribution in [0.3, 0.4) is 0 Å². The van der Waals surface area contributed by atoms with E-state index in [1.165, 1.54) is 24.3 Å². The van der Waals surface area contributed by atoms with E-state index in [4.69, 9.17) is 0 Å². The van der Waals surface area contributed by atoms with Crippen LogP contribution in [0.25, 0.3) is 0 Å². The van der Waals surface area contributed by atoms with Gasteiger partial charge in [-0.05, 0) is 139 Å². The molecule has 0 aromatic heterocycles. The molecule has 6 amide bonds. The normalized spacial score (nSPS) is 15.7. The topological polar surface area (TPSA) is 157 Å². The first kappa shape index (κ1) is 50.9. The van der Waals surface area contributed by atoms with Crippen molar-refractivity contribution in [3.8, 4) is 0 Å². The number of amides is 6. The third-order valence-electron chi connectivity index (χ3n) is 14.5. The van der Waals surface area contributed by atoms with E-state index in [-0.39, 0.29) is 98.1 Å². The number of carbonyl (C=O) groups excluding carboxylic acids is 6. The second-order valence-corrected chi connectivity index (χ2v) is 19.9. The first-order valence-electron chi connectivity index (χ1n) is 25.4. The molecule has 2 atom stereocenters. The molecule has 4 N–H and O–H groups in total. The number of fused-ring (bicyclic) bond motifs is 2. The van der Waals surface area contributed by atoms with Crippen LogP contribution >= 0.6 is 0 Å². The van der Waals surface area contributed by atoms with E-state index >= 15 is 0 Å². The number of hydrogen-bond donors (Lipinski definition) is 4. The van der Waals surface area contributed by atoms with Gasteiger partial charge in [-0.25, -0.2) is 8.78 Å². The van der Waals surface area contributed by atoms with E-state index in [1.54, 1.807) is 58.3 Å². The SMILES string of the molecule is Cc1ccc(CNC(=O)c2cc3c(cc2C(=O)NCCc2ccc(F)cc2)CN(C(=O)[C@@H]2CCC[C@H](C(=O)N4Cc5cc(C(=O)NCCc6ccc(F)cc6)c(C(=O)NCc6ccc(C)cc6)cc5C4)C2)C3)cc1. The number of hydrogen-bond acceptors (Lipinski definition) is 6. The van der Waals surface area contributed by atoms with Crippen LogP contribution in [0, 0.1) is 37.3 Å². The fraction of sp³-hybridized carbons (Fsp3) is 0.300. The van der Waals surface area contributed by atoms with Gasteiger partial charge in [0.15, 0.2) is 0 Å². The highest BCUT2D eigenvalue weighted by Gasteiger charge is 2.39. The van der Waals surface area contributed by atoms with Crippen molar-refractivity contribution >= 4 is 35.4 Å². The second-order valence-electron chi connectivity index (χ2n) is 19.9. The number of halogens is 2. The summed E-state index contributed by atoms with van der Waals surface area (Å²) in [7, 11) is 0. The summed E-state index contributed by atoms with van der Waals surface area (Å²) in [6.45, 7) is 5.98. The molecular formula is C60H60F2N6O6. The Morgan fingerprint density at radius 2 is 0.757 bits per heavy atom. The number of aryl methyl sites for hydroxylation is 2. The second kappa shape index (κ2) is 22.8. The maximum atomic E-state index is 14.4. The zero-order chi connectivity index (χ0) is 51.9. The van der Waals surface area contributed by atoms with Crippen LogP contribution in [0.4, 0.5) is 8.78 Å². The molecule has 14 heteroatoms. The van der Waals surface area contributed by atoms with Gasteiger partial charge in [-0.3, -0.25) is 28.8 Å². The molecule has 0 bridgehead atoms. The lowest BCUT2D eigenvalue weighted by atomic mass is 9.80. The fourth-order valence-corrected chi connectivity index (χ4v) is 10.2. The Morgan fingerprint density at radius 3 is 1.09 bits per heavy atom. The van der Waals surface area contributed by atoms with Gasteiger partial charge in [0.1, 0.15) is 11.6 Å². The summed E-state index contributed by atoms with van der Waals surface area (Å²) in [4.78, 5) is 87.7. The van der Waals surface area contributed by atoms with Gasteiger partial charge in [0.2, 0.25) is 11.8 Å². The van der Waals surface area contributed by atoms with E-state index in [0.29, 0.717) is 38.5 Å². The maximum absolute atomic E-state index is 14.4. The van der Waals surface area contributed by atoms with E-state index < -0.39 is 35.5 Å². The highest BCUT2D eigenvalue weighted by Crippen LogP contribution is 2.37. The molecule has 0 spiro atoms. The Hall–Kier alpha value is -8.00. The summed E-state index contributed by atoms with van der Waals surface area (Å²) in [6.07, 6.45) is 3.19. The largest absolute Gasteiger partial charge is 0.352 e. The summed E-state index contributed by atoms with van der Waals surface area (Å²) in [5.74, 6) is -3.42. The number of benzene rings is 6. The highest BCUT2D eigenvalue weighted by atomic mass is 19.1. The smallest absolute Gasteiger partial charge is 0.252 e. The molecule has 0 saturated heterocycles. The van der Waals surface area contributed by atoms with Crippen molar-refractivity contribution < 1.29 is 37.5 Å². The van der Waals surface area contributed by atoms with Crippen LogP contribution in [0.1, 0.15) is 123 Å². The van der Waals surface area contributed by atoms with Crippen LogP contribution in [0.5, 0.6) is 0 Å². The fourth-order valence-electron chi connectivity index (χ4n) is 10.2. The van der Waals surface area contributed by atoms with Gasteiger partial charge in [0, 0.05) is 64.2 Å². The van der Waals surface area contributed by atoms with Crippen molar-refractivity contribution in [3.63, 3.8) is 0 Å². The standard InChI is InChI=1S/C60H60F2N6O6/c1-37-6-10-41(11-7-37)31-65-57(71)53-29-47-35-67(33-45(47)27-51(53)55(69)63-24-22-39-14-18-49(61)19-15-39)59(73)43-4-3-5-44(26-43)60(74)68-34-46-28-52(56(70)64-25-23-40-16-20-50(62)21-17-40)54(30-48(46)36-68)58(72)66-32-42-12-8-38(2)9-13-42/h6-21,27-30,43-44H,3-5,22-26,31-36H2,1-2H3,(H,63,69)(H,64,70)(H,65,71)(H,66,72)/t43-,44+. The lowest BCUT2D eigenvalue weighted by Gasteiger charge is -2.32. The van der Waals surface area contributed by atoms with Crippen molar-refractivity contribution in [1.29, 1.82) is 0 Å². The monoisotopic (exact) mass is 998 g/mol. The average molecular weight is 999 g/mol. The van der Waals surface area contributed by atoms with Crippen LogP contribution in [0.2, 0.25) is 0 Å². The van der Waals surface area contributed by atoms with Crippen molar-refractivity contribution in [2.45, 2.75) is 91.6 Å². The molecule has 1 saturated carbocycles. The molecule has 0 radical (unpaired) electrons. The highest BCUT2D eigenvalue weighted by molar-refractivity contribution is 6.08. The summed E-state index contributed by atoms with van der Waals surface area (Å²) in [6, 6.07) is 34.6. The summed E-state index contributed by atoms with van der Waals surface area (Å²) < 4.78 is 27.0. The Balaban J connectivity index is 0.864. The minimum atomic E-state index is -0.437. The Bertz CT molecular complexity index is 2880. The van der Waals surface area contributed by atoms with Crippen molar-refractivity contribution in [2.75, 3.05) is 13.1 Å². The predicted octanol–water partition coefficient (Wildman–Crippen LogP) is 8.58. The van der Waals surface area contributed by atoms with Crippen LogP contribution in [-0.4, -0.2) is 58.3 Å². The molecule has 2 heterocycles. The molecular weight excluding hydrogens is 939 g/mol. The van der Waals surface area contributed by atoms with Gasteiger partial charge < -0.3 is 31.1 Å². The lowest BCUT2D eigenvalue weighted by molar-refractivity contribution is -0.142. The Labute approximate surface area is 429 Å². The van der Waals surface area contributed by atoms with Gasteiger partial charge in [0.05, 0.1) is 22.3 Å². The van der Waals surface area contributed by atoms with Crippen molar-refractivity contribution in [1.82, 2.24) is 31.1 Å². The Kier molecular flexibility index (Phi) is 15.7. The van der Waals surface area contributed by atoms with E-state index in [0.717, 1.165) is 55.6 Å². The molecule has 6 aromatic rings. The molecule has 2 aliphatic heterocycles. The quantitative estimate of drug-likeness (QED) is 0.0762. The van der Waals surface area contributed by atoms with Gasteiger partial charge in [-0.1, -0.05) is 90.3 Å². The molecule has 0 unspecified atom stereocenters. The molecule has 3 aliphatic rings. The third kappa shape index (κ3) is 12.2. The number of nitrogens with zero attached hydrogens (tertiary/aromatic N) is 2.